The molecule has 36 heavy (non-hydrogen) atoms. The molecule has 1 aliphatic heterocycles. The molecule has 184 valence electrons. The van der Waals surface area contributed by atoms with E-state index in [9.17, 15) is 9.59 Å². The van der Waals surface area contributed by atoms with Crippen LogP contribution in [0.3, 0.4) is 0 Å². The predicted octanol–water partition coefficient (Wildman–Crippen LogP) is 6.67. The fourth-order valence-corrected chi connectivity index (χ4v) is 4.78. The smallest absolute Gasteiger partial charge is 0.335 e. The van der Waals surface area contributed by atoms with Crippen LogP contribution in [-0.4, -0.2) is 28.8 Å². The van der Waals surface area contributed by atoms with Crippen LogP contribution in [0, 0.1) is 0 Å². The molecule has 4 rings (SSSR count). The van der Waals surface area contributed by atoms with Crippen LogP contribution in [0.2, 0.25) is 5.02 Å². The Morgan fingerprint density at radius 1 is 1.14 bits per heavy atom. The molecule has 1 saturated heterocycles. The van der Waals surface area contributed by atoms with Gasteiger partial charge in [-0.1, -0.05) is 23.7 Å². The number of carbonyl (C=O) groups is 2. The molecule has 0 radical (unpaired) electrons. The molecule has 7 nitrogen and oxygen atoms in total. The molecule has 0 bridgehead atoms. The Hall–Kier alpha value is -3.27. The number of aromatic carboxylic acids is 1. The third kappa shape index (κ3) is 6.48. The van der Waals surface area contributed by atoms with Gasteiger partial charge in [-0.2, -0.15) is 0 Å². The number of halogens is 2. The number of aliphatic imine (C=N–C) groups is 1. The topological polar surface area (TPSA) is 97.2 Å². The van der Waals surface area contributed by atoms with Crippen molar-refractivity contribution < 1.29 is 24.2 Å². The van der Waals surface area contributed by atoms with Crippen molar-refractivity contribution in [2.24, 2.45) is 4.99 Å². The van der Waals surface area contributed by atoms with Crippen LogP contribution >= 0.6 is 39.3 Å². The second kappa shape index (κ2) is 11.6. The van der Waals surface area contributed by atoms with Crippen LogP contribution in [0.4, 0.5) is 5.69 Å². The Bertz CT molecular complexity index is 1360. The summed E-state index contributed by atoms with van der Waals surface area (Å²) >= 11 is 10.7. The van der Waals surface area contributed by atoms with E-state index in [0.29, 0.717) is 43.4 Å². The number of hydrogen-bond acceptors (Lipinski definition) is 6. The van der Waals surface area contributed by atoms with Crippen molar-refractivity contribution in [3.63, 3.8) is 0 Å². The molecule has 1 fully saturated rings. The first kappa shape index (κ1) is 25.8. The number of ether oxygens (including phenoxy) is 2. The first-order valence-corrected chi connectivity index (χ1v) is 12.8. The molecule has 0 aromatic heterocycles. The zero-order valence-electron chi connectivity index (χ0n) is 19.0. The lowest BCUT2D eigenvalue weighted by molar-refractivity contribution is -0.115. The standard InChI is InChI=1S/C26H20BrClN2O5S/c1-2-34-21-12-16(11-20(27)23(21)35-14-15-3-5-17(6-4-15)25(32)33)13-22-24(31)30-26(36-22)29-19-9-7-18(28)8-10-19/h3-13H,2,14H2,1H3,(H,32,33)(H,29,30,31)/b22-13-. The van der Waals surface area contributed by atoms with Crippen LogP contribution in [0.5, 0.6) is 11.5 Å². The number of nitrogens with zero attached hydrogens (tertiary/aromatic N) is 1. The van der Waals surface area contributed by atoms with Gasteiger partial charge in [0.15, 0.2) is 16.7 Å². The summed E-state index contributed by atoms with van der Waals surface area (Å²) in [7, 11) is 0. The highest BCUT2D eigenvalue weighted by Crippen LogP contribution is 2.39. The maximum absolute atomic E-state index is 12.5. The minimum atomic E-state index is -0.981. The van der Waals surface area contributed by atoms with Crippen LogP contribution in [-0.2, 0) is 11.4 Å². The fourth-order valence-electron chi connectivity index (χ4n) is 3.24. The number of amidine groups is 1. The maximum Gasteiger partial charge on any atom is 0.335 e. The lowest BCUT2D eigenvalue weighted by Crippen LogP contribution is -2.19. The molecule has 3 aromatic rings. The van der Waals surface area contributed by atoms with Gasteiger partial charge in [0, 0.05) is 5.02 Å². The number of thioether (sulfide) groups is 1. The van der Waals surface area contributed by atoms with Crippen molar-refractivity contribution >= 4 is 68.1 Å². The van der Waals surface area contributed by atoms with Gasteiger partial charge < -0.3 is 19.9 Å². The van der Waals surface area contributed by atoms with E-state index in [1.807, 2.05) is 13.0 Å². The van der Waals surface area contributed by atoms with Crippen molar-refractivity contribution in [3.8, 4) is 11.5 Å². The molecule has 0 unspecified atom stereocenters. The molecular weight excluding hydrogens is 568 g/mol. The first-order valence-electron chi connectivity index (χ1n) is 10.8. The minimum Gasteiger partial charge on any atom is -0.490 e. The second-order valence-electron chi connectivity index (χ2n) is 7.51. The van der Waals surface area contributed by atoms with Crippen LogP contribution in [0.1, 0.15) is 28.4 Å². The molecule has 0 saturated carbocycles. The van der Waals surface area contributed by atoms with E-state index < -0.39 is 5.97 Å². The fraction of sp³-hybridized carbons (Fsp3) is 0.115. The van der Waals surface area contributed by atoms with Crippen molar-refractivity contribution in [2.45, 2.75) is 13.5 Å². The normalized spacial score (nSPS) is 15.2. The first-order chi connectivity index (χ1) is 17.3. The SMILES string of the molecule is CCOc1cc(/C=C2\SC(=Nc3ccc(Cl)cc3)NC2=O)cc(Br)c1OCc1ccc(C(=O)O)cc1. The molecule has 0 spiro atoms. The van der Waals surface area contributed by atoms with Gasteiger partial charge in [-0.15, -0.1) is 0 Å². The van der Waals surface area contributed by atoms with Gasteiger partial charge in [0.2, 0.25) is 0 Å². The monoisotopic (exact) mass is 586 g/mol. The van der Waals surface area contributed by atoms with Gasteiger partial charge in [0.1, 0.15) is 6.61 Å². The molecular formula is C26H20BrClN2O5S. The van der Waals surface area contributed by atoms with Crippen LogP contribution in [0.25, 0.3) is 6.08 Å². The van der Waals surface area contributed by atoms with Crippen molar-refractivity contribution in [1.82, 2.24) is 5.32 Å². The lowest BCUT2D eigenvalue weighted by Gasteiger charge is -2.15. The van der Waals surface area contributed by atoms with E-state index in [4.69, 9.17) is 26.2 Å². The average Bonchev–Trinajstić information content (AvgIpc) is 3.18. The molecule has 0 aliphatic carbocycles. The number of carbonyl (C=O) groups excluding carboxylic acids is 1. The average molecular weight is 588 g/mol. The quantitative estimate of drug-likeness (QED) is 0.286. The van der Waals surface area contributed by atoms with E-state index in [1.54, 1.807) is 48.5 Å². The van der Waals surface area contributed by atoms with Gasteiger partial charge in [0.05, 0.1) is 27.2 Å². The number of carboxylic acid groups (broad SMARTS) is 1. The van der Waals surface area contributed by atoms with Gasteiger partial charge in [-0.3, -0.25) is 4.79 Å². The molecule has 10 heteroatoms. The molecule has 3 aromatic carbocycles. The number of carboxylic acids is 1. The van der Waals surface area contributed by atoms with Crippen molar-refractivity contribution in [3.05, 3.63) is 91.8 Å². The zero-order chi connectivity index (χ0) is 25.7. The molecule has 1 amide bonds. The Labute approximate surface area is 225 Å². The highest BCUT2D eigenvalue weighted by Gasteiger charge is 2.24. The third-order valence-electron chi connectivity index (χ3n) is 4.92. The summed E-state index contributed by atoms with van der Waals surface area (Å²) in [6, 6.07) is 17.1. The maximum atomic E-state index is 12.5. The highest BCUT2D eigenvalue weighted by atomic mass is 79.9. The van der Waals surface area contributed by atoms with Gasteiger partial charge in [0.25, 0.3) is 5.91 Å². The largest absolute Gasteiger partial charge is 0.490 e. The highest BCUT2D eigenvalue weighted by molar-refractivity contribution is 9.10. The Morgan fingerprint density at radius 3 is 2.53 bits per heavy atom. The lowest BCUT2D eigenvalue weighted by atomic mass is 10.1. The summed E-state index contributed by atoms with van der Waals surface area (Å²) in [6.45, 7) is 2.51. The number of benzene rings is 3. The van der Waals surface area contributed by atoms with E-state index in [0.717, 1.165) is 11.1 Å². The second-order valence-corrected chi connectivity index (χ2v) is 9.83. The minimum absolute atomic E-state index is 0.211. The number of hydrogen-bond donors (Lipinski definition) is 2. The van der Waals surface area contributed by atoms with Crippen molar-refractivity contribution in [1.29, 1.82) is 0 Å². The van der Waals surface area contributed by atoms with Crippen LogP contribution in [0.15, 0.2) is 75.0 Å². The summed E-state index contributed by atoms with van der Waals surface area (Å²) in [5.41, 5.74) is 2.45. The number of rotatable bonds is 8. The predicted molar refractivity (Wildman–Crippen MR) is 145 cm³/mol. The summed E-state index contributed by atoms with van der Waals surface area (Å²) in [4.78, 5) is 28.5. The number of amides is 1. The molecule has 2 N–H and O–H groups in total. The molecule has 1 heterocycles. The molecule has 1 aliphatic rings. The van der Waals surface area contributed by atoms with E-state index >= 15 is 0 Å². The molecule has 0 atom stereocenters. The Morgan fingerprint density at radius 2 is 1.86 bits per heavy atom. The summed E-state index contributed by atoms with van der Waals surface area (Å²) < 4.78 is 12.4. The third-order valence-corrected chi connectivity index (χ3v) is 6.67. The summed E-state index contributed by atoms with van der Waals surface area (Å²) in [5, 5.41) is 12.9. The van der Waals surface area contributed by atoms with Crippen LogP contribution < -0.4 is 14.8 Å². The van der Waals surface area contributed by atoms with Gasteiger partial charge in [-0.05, 0) is 100 Å². The summed E-state index contributed by atoms with van der Waals surface area (Å²) in [5.74, 6) is -0.202. The van der Waals surface area contributed by atoms with Gasteiger partial charge in [-0.25, -0.2) is 9.79 Å². The Kier molecular flexibility index (Phi) is 8.35. The number of nitrogens with one attached hydrogen (secondary N) is 1. The van der Waals surface area contributed by atoms with E-state index in [2.05, 4.69) is 26.2 Å². The summed E-state index contributed by atoms with van der Waals surface area (Å²) in [6.07, 6.45) is 1.76. The van der Waals surface area contributed by atoms with Gasteiger partial charge >= 0.3 is 5.97 Å². The zero-order valence-corrected chi connectivity index (χ0v) is 22.1. The van der Waals surface area contributed by atoms with E-state index in [1.165, 1.54) is 23.9 Å². The Balaban J connectivity index is 1.53. The van der Waals surface area contributed by atoms with Crippen molar-refractivity contribution in [2.75, 3.05) is 6.61 Å². The van der Waals surface area contributed by atoms with E-state index in [-0.39, 0.29) is 18.1 Å².